The predicted octanol–water partition coefficient (Wildman–Crippen LogP) is 2.14. The molecule has 31 heavy (non-hydrogen) atoms. The van der Waals surface area contributed by atoms with Crippen molar-refractivity contribution in [1.29, 1.82) is 0 Å². The number of fused-ring (bicyclic) bond motifs is 1. The van der Waals surface area contributed by atoms with Gasteiger partial charge in [0.2, 0.25) is 0 Å². The van der Waals surface area contributed by atoms with Gasteiger partial charge in [0.1, 0.15) is 5.69 Å². The second kappa shape index (κ2) is 8.42. The van der Waals surface area contributed by atoms with Crippen molar-refractivity contribution in [2.75, 3.05) is 32.8 Å². The van der Waals surface area contributed by atoms with Crippen LogP contribution in [-0.4, -0.2) is 69.2 Å². The number of aromatic nitrogens is 3. The van der Waals surface area contributed by atoms with Gasteiger partial charge in [-0.25, -0.2) is 0 Å². The van der Waals surface area contributed by atoms with Gasteiger partial charge in [0.05, 0.1) is 36.2 Å². The fourth-order valence-corrected chi connectivity index (χ4v) is 5.08. The Morgan fingerprint density at radius 3 is 2.61 bits per heavy atom. The molecule has 164 valence electrons. The molecule has 8 nitrogen and oxygen atoms in total. The third kappa shape index (κ3) is 3.73. The molecule has 8 heteroatoms. The van der Waals surface area contributed by atoms with Crippen LogP contribution in [0.4, 0.5) is 0 Å². The maximum absolute atomic E-state index is 13.5. The highest BCUT2D eigenvalue weighted by atomic mass is 16.5. The normalized spacial score (nSPS) is 21.3. The van der Waals surface area contributed by atoms with E-state index in [9.17, 15) is 9.59 Å². The van der Waals surface area contributed by atoms with Crippen molar-refractivity contribution < 1.29 is 14.3 Å². The van der Waals surface area contributed by atoms with Gasteiger partial charge in [0.25, 0.3) is 11.8 Å². The lowest BCUT2D eigenvalue weighted by atomic mass is 9.95. The van der Waals surface area contributed by atoms with Crippen molar-refractivity contribution in [2.45, 2.75) is 44.6 Å². The zero-order valence-corrected chi connectivity index (χ0v) is 18.0. The van der Waals surface area contributed by atoms with E-state index < -0.39 is 0 Å². The maximum atomic E-state index is 13.5. The van der Waals surface area contributed by atoms with E-state index in [1.807, 2.05) is 24.1 Å². The standard InChI is InChI=1S/C23H29N5O3/c1-26-21(17-5-2-3-6-18(17)25-26)23(30)28-10-4-7-20(28)19-9-8-16(15-24-19)22(29)27-11-13-31-14-12-27/h8-9,15,20H,2-7,10-14H2,1H3/t20-/m1/s1. The first-order valence-electron chi connectivity index (χ1n) is 11.3. The Morgan fingerprint density at radius 1 is 1.03 bits per heavy atom. The molecule has 2 fully saturated rings. The van der Waals surface area contributed by atoms with Crippen LogP contribution in [0.25, 0.3) is 0 Å². The number of ether oxygens (including phenoxy) is 1. The summed E-state index contributed by atoms with van der Waals surface area (Å²) in [5.41, 5.74) is 4.38. The first kappa shape index (κ1) is 20.2. The second-order valence-electron chi connectivity index (χ2n) is 8.64. The molecule has 2 aliphatic heterocycles. The number of hydrogen-bond acceptors (Lipinski definition) is 5. The summed E-state index contributed by atoms with van der Waals surface area (Å²) >= 11 is 0. The molecular formula is C23H29N5O3. The van der Waals surface area contributed by atoms with Gasteiger partial charge in [-0.05, 0) is 50.7 Å². The van der Waals surface area contributed by atoms with Gasteiger partial charge in [-0.15, -0.1) is 0 Å². The van der Waals surface area contributed by atoms with Crippen LogP contribution in [0.5, 0.6) is 0 Å². The maximum Gasteiger partial charge on any atom is 0.272 e. The Labute approximate surface area is 182 Å². The number of carbonyl (C=O) groups excluding carboxylic acids is 2. The number of likely N-dealkylation sites (tertiary alicyclic amines) is 1. The highest BCUT2D eigenvalue weighted by Crippen LogP contribution is 2.34. The van der Waals surface area contributed by atoms with E-state index >= 15 is 0 Å². The Balaban J connectivity index is 1.35. The summed E-state index contributed by atoms with van der Waals surface area (Å²) in [6.07, 6.45) is 7.63. The molecule has 0 aromatic carbocycles. The summed E-state index contributed by atoms with van der Waals surface area (Å²) in [5.74, 6) is 0.0409. The Kier molecular flexibility index (Phi) is 5.48. The molecule has 2 aromatic rings. The fraction of sp³-hybridized carbons (Fsp3) is 0.565. The Bertz CT molecular complexity index is 978. The van der Waals surface area contributed by atoms with Crippen LogP contribution in [0.1, 0.15) is 69.5 Å². The molecule has 5 rings (SSSR count). The highest BCUT2D eigenvalue weighted by Gasteiger charge is 2.35. The molecule has 0 radical (unpaired) electrons. The quantitative estimate of drug-likeness (QED) is 0.756. The van der Waals surface area contributed by atoms with Gasteiger partial charge >= 0.3 is 0 Å². The van der Waals surface area contributed by atoms with Crippen LogP contribution in [0, 0.1) is 0 Å². The number of aryl methyl sites for hydroxylation is 2. The minimum Gasteiger partial charge on any atom is -0.378 e. The Hall–Kier alpha value is -2.74. The SMILES string of the molecule is Cn1nc2c(c1C(=O)N1CCC[C@@H]1c1ccc(C(=O)N3CCOCC3)cn1)CCCC2. The molecule has 3 aliphatic rings. The fourth-order valence-electron chi connectivity index (χ4n) is 5.08. The third-order valence-corrected chi connectivity index (χ3v) is 6.71. The van der Waals surface area contributed by atoms with Crippen molar-refractivity contribution in [2.24, 2.45) is 7.05 Å². The topological polar surface area (TPSA) is 80.6 Å². The average Bonchev–Trinajstić information content (AvgIpc) is 3.43. The zero-order valence-electron chi connectivity index (χ0n) is 18.0. The lowest BCUT2D eigenvalue weighted by Gasteiger charge is -2.27. The van der Waals surface area contributed by atoms with E-state index in [0.29, 0.717) is 31.9 Å². The molecule has 2 aromatic heterocycles. The monoisotopic (exact) mass is 423 g/mol. The largest absolute Gasteiger partial charge is 0.378 e. The van der Waals surface area contributed by atoms with Gasteiger partial charge in [0.15, 0.2) is 0 Å². The van der Waals surface area contributed by atoms with E-state index in [1.54, 1.807) is 15.8 Å². The van der Waals surface area contributed by atoms with Gasteiger partial charge in [0, 0.05) is 38.4 Å². The lowest BCUT2D eigenvalue weighted by Crippen LogP contribution is -2.40. The van der Waals surface area contributed by atoms with Crippen LogP contribution >= 0.6 is 0 Å². The molecule has 0 N–H and O–H groups in total. The summed E-state index contributed by atoms with van der Waals surface area (Å²) in [7, 11) is 1.88. The summed E-state index contributed by atoms with van der Waals surface area (Å²) in [6.45, 7) is 3.10. The lowest BCUT2D eigenvalue weighted by molar-refractivity contribution is 0.0302. The predicted molar refractivity (Wildman–Crippen MR) is 114 cm³/mol. The van der Waals surface area contributed by atoms with E-state index in [2.05, 4.69) is 10.1 Å². The van der Waals surface area contributed by atoms with Crippen molar-refractivity contribution >= 4 is 11.8 Å². The zero-order chi connectivity index (χ0) is 21.4. The van der Waals surface area contributed by atoms with Crippen LogP contribution in [-0.2, 0) is 24.6 Å². The summed E-state index contributed by atoms with van der Waals surface area (Å²) in [4.78, 5) is 34.6. The molecule has 0 saturated carbocycles. The van der Waals surface area contributed by atoms with Crippen LogP contribution in [0.2, 0.25) is 0 Å². The van der Waals surface area contributed by atoms with Gasteiger partial charge in [-0.1, -0.05) is 0 Å². The molecule has 1 atom stereocenters. The molecule has 2 saturated heterocycles. The van der Waals surface area contributed by atoms with Crippen molar-refractivity contribution in [3.8, 4) is 0 Å². The average molecular weight is 424 g/mol. The summed E-state index contributed by atoms with van der Waals surface area (Å²) in [5, 5.41) is 4.62. The van der Waals surface area contributed by atoms with Crippen molar-refractivity contribution in [1.82, 2.24) is 24.6 Å². The van der Waals surface area contributed by atoms with E-state index in [1.165, 1.54) is 0 Å². The molecule has 0 spiro atoms. The highest BCUT2D eigenvalue weighted by molar-refractivity contribution is 5.95. The molecular weight excluding hydrogens is 394 g/mol. The smallest absolute Gasteiger partial charge is 0.272 e. The number of carbonyl (C=O) groups is 2. The van der Waals surface area contributed by atoms with Crippen molar-refractivity contribution in [3.63, 3.8) is 0 Å². The minimum atomic E-state index is -0.0609. The molecule has 0 unspecified atom stereocenters. The third-order valence-electron chi connectivity index (χ3n) is 6.71. The first-order valence-corrected chi connectivity index (χ1v) is 11.3. The van der Waals surface area contributed by atoms with E-state index in [-0.39, 0.29) is 17.9 Å². The summed E-state index contributed by atoms with van der Waals surface area (Å²) < 4.78 is 7.10. The summed E-state index contributed by atoms with van der Waals surface area (Å²) in [6, 6.07) is 3.68. The van der Waals surface area contributed by atoms with Gasteiger partial charge < -0.3 is 14.5 Å². The molecule has 1 aliphatic carbocycles. The van der Waals surface area contributed by atoms with Gasteiger partial charge in [-0.3, -0.25) is 19.3 Å². The first-order chi connectivity index (χ1) is 15.1. The number of morpholine rings is 1. The number of pyridine rings is 1. The van der Waals surface area contributed by atoms with E-state index in [0.717, 1.165) is 67.7 Å². The molecule has 4 heterocycles. The van der Waals surface area contributed by atoms with E-state index in [4.69, 9.17) is 4.74 Å². The number of nitrogens with zero attached hydrogens (tertiary/aromatic N) is 5. The van der Waals surface area contributed by atoms with Gasteiger partial charge in [-0.2, -0.15) is 5.10 Å². The number of hydrogen-bond donors (Lipinski definition) is 0. The van der Waals surface area contributed by atoms with Crippen molar-refractivity contribution in [3.05, 3.63) is 46.5 Å². The Morgan fingerprint density at radius 2 is 1.84 bits per heavy atom. The van der Waals surface area contributed by atoms with Crippen LogP contribution in [0.15, 0.2) is 18.3 Å². The molecule has 2 amide bonds. The van der Waals surface area contributed by atoms with Crippen LogP contribution < -0.4 is 0 Å². The van der Waals surface area contributed by atoms with Crippen LogP contribution in [0.3, 0.4) is 0 Å². The molecule has 0 bridgehead atoms. The second-order valence-corrected chi connectivity index (χ2v) is 8.64. The number of amides is 2. The minimum absolute atomic E-state index is 0.0109. The number of rotatable bonds is 3.